The molecule has 46 heavy (non-hydrogen) atoms. The molecule has 5 aliphatic rings. The summed E-state index contributed by atoms with van der Waals surface area (Å²) in [4.78, 5) is 33.2. The highest BCUT2D eigenvalue weighted by Crippen LogP contribution is 2.58. The van der Waals surface area contributed by atoms with Crippen LogP contribution in [0, 0.1) is 25.2 Å². The number of carbonyl (C=O) groups excluding carboxylic acids is 2. The van der Waals surface area contributed by atoms with Crippen molar-refractivity contribution in [2.75, 3.05) is 34.6 Å². The molecule has 5 aliphatic heterocycles. The van der Waals surface area contributed by atoms with E-state index < -0.39 is 12.1 Å². The number of methoxy groups -OCH3 is 2. The first-order valence-corrected chi connectivity index (χ1v) is 15.4. The number of phenols is 1. The van der Waals surface area contributed by atoms with Gasteiger partial charge in [0.05, 0.1) is 43.5 Å². The lowest BCUT2D eigenvalue weighted by atomic mass is 9.71. The summed E-state index contributed by atoms with van der Waals surface area (Å²) in [5.74, 6) is 1.54. The number of aromatic hydroxyl groups is 1. The number of ether oxygens (including phenoxy) is 4. The Kier molecular flexibility index (Phi) is 6.30. The number of carbonyl (C=O) groups is 2. The molecule has 2 amide bonds. The third-order valence-electron chi connectivity index (χ3n) is 10.7. The Morgan fingerprint density at radius 2 is 1.65 bits per heavy atom. The Morgan fingerprint density at radius 3 is 2.30 bits per heavy atom. The normalized spacial score (nSPS) is 25.8. The number of imide groups is 1. The van der Waals surface area contributed by atoms with Crippen molar-refractivity contribution in [2.45, 2.75) is 56.9 Å². The average molecular weight is 623 g/mol. The highest BCUT2D eigenvalue weighted by atomic mass is 16.7. The third-order valence-corrected chi connectivity index (χ3v) is 10.7. The molecule has 5 atom stereocenters. The first kappa shape index (κ1) is 28.7. The van der Waals surface area contributed by atoms with E-state index in [1.54, 1.807) is 38.5 Å². The molecule has 8 rings (SSSR count). The number of benzene rings is 3. The van der Waals surface area contributed by atoms with Crippen molar-refractivity contribution < 1.29 is 33.6 Å². The van der Waals surface area contributed by atoms with Crippen LogP contribution in [0.3, 0.4) is 0 Å². The van der Waals surface area contributed by atoms with Crippen molar-refractivity contribution in [2.24, 2.45) is 0 Å². The maximum absolute atomic E-state index is 13.8. The van der Waals surface area contributed by atoms with Crippen molar-refractivity contribution in [1.82, 2.24) is 14.7 Å². The molecule has 3 aromatic rings. The van der Waals surface area contributed by atoms with Crippen LogP contribution in [0.15, 0.2) is 30.3 Å². The van der Waals surface area contributed by atoms with Gasteiger partial charge in [-0.05, 0) is 57.0 Å². The molecule has 236 valence electrons. The summed E-state index contributed by atoms with van der Waals surface area (Å²) in [6.07, 6.45) is 0.993. The van der Waals surface area contributed by atoms with Crippen molar-refractivity contribution in [1.29, 1.82) is 5.26 Å². The summed E-state index contributed by atoms with van der Waals surface area (Å²) in [7, 11) is 5.17. The molecule has 11 nitrogen and oxygen atoms in total. The van der Waals surface area contributed by atoms with E-state index in [2.05, 4.69) is 21.9 Å². The second kappa shape index (κ2) is 10.1. The van der Waals surface area contributed by atoms with Gasteiger partial charge in [-0.25, -0.2) is 0 Å². The van der Waals surface area contributed by atoms with Gasteiger partial charge in [-0.1, -0.05) is 18.2 Å². The minimum absolute atomic E-state index is 0.00471. The van der Waals surface area contributed by atoms with Crippen LogP contribution in [0.25, 0.3) is 0 Å². The number of hydrogen-bond acceptors (Lipinski definition) is 10. The minimum Gasteiger partial charge on any atom is -0.504 e. The zero-order valence-electron chi connectivity index (χ0n) is 26.3. The molecule has 1 N–H and O–H groups in total. The van der Waals surface area contributed by atoms with E-state index in [4.69, 9.17) is 18.9 Å². The fourth-order valence-electron chi connectivity index (χ4n) is 8.86. The van der Waals surface area contributed by atoms with Crippen LogP contribution in [0.2, 0.25) is 0 Å². The number of fused-ring (bicyclic) bond motifs is 10. The van der Waals surface area contributed by atoms with Gasteiger partial charge >= 0.3 is 0 Å². The zero-order valence-corrected chi connectivity index (χ0v) is 26.3. The summed E-state index contributed by atoms with van der Waals surface area (Å²) >= 11 is 0. The monoisotopic (exact) mass is 622 g/mol. The number of hydrogen-bond donors (Lipinski definition) is 1. The molecule has 0 spiro atoms. The van der Waals surface area contributed by atoms with Crippen LogP contribution >= 0.6 is 0 Å². The molecule has 5 heterocycles. The molecular weight excluding hydrogens is 588 g/mol. The van der Waals surface area contributed by atoms with E-state index in [-0.39, 0.29) is 49.0 Å². The van der Waals surface area contributed by atoms with Crippen LogP contribution in [-0.2, 0) is 12.8 Å². The lowest BCUT2D eigenvalue weighted by molar-refractivity contribution is -0.0758. The summed E-state index contributed by atoms with van der Waals surface area (Å²) in [5, 5.41) is 22.6. The van der Waals surface area contributed by atoms with Crippen LogP contribution < -0.4 is 18.9 Å². The molecule has 0 radical (unpaired) electrons. The van der Waals surface area contributed by atoms with Gasteiger partial charge in [0.25, 0.3) is 11.8 Å². The third kappa shape index (κ3) is 3.59. The molecular formula is C35H34N4O7. The number of likely N-dealkylation sites (N-methyl/N-ethyl adjacent to an activating group) is 1. The summed E-state index contributed by atoms with van der Waals surface area (Å²) < 4.78 is 23.8. The van der Waals surface area contributed by atoms with Crippen LogP contribution in [-0.4, -0.2) is 84.4 Å². The van der Waals surface area contributed by atoms with Gasteiger partial charge in [-0.3, -0.25) is 24.3 Å². The number of nitriles is 1. The van der Waals surface area contributed by atoms with E-state index >= 15 is 0 Å². The van der Waals surface area contributed by atoms with Crippen molar-refractivity contribution in [3.05, 3.63) is 74.8 Å². The highest BCUT2D eigenvalue weighted by Gasteiger charge is 2.57. The molecule has 1 fully saturated rings. The second-order valence-electron chi connectivity index (χ2n) is 12.7. The predicted molar refractivity (Wildman–Crippen MR) is 165 cm³/mol. The number of amides is 2. The molecule has 0 aliphatic carbocycles. The lowest BCUT2D eigenvalue weighted by Crippen LogP contribution is -2.68. The molecule has 1 saturated heterocycles. The average Bonchev–Trinajstić information content (AvgIpc) is 3.62. The van der Waals surface area contributed by atoms with Crippen molar-refractivity contribution in [3.8, 4) is 34.8 Å². The van der Waals surface area contributed by atoms with Crippen LogP contribution in [0.1, 0.15) is 66.2 Å². The standard InChI is InChI=1S/C35H34N4O7/c1-16-10-18-11-22-24(13-36)39-23(28(37(22)3)26(18)29(40)30(16)43-4)12-21-27(33-32(45-15-46-33)17(2)31(21)44-5)25(39)14-38-34(41)19-8-6-7-9-20(19)35(38)42/h6-10,22-25,28,40H,11-12,14-15H2,1-5H3/t22?,23?,24?,25-,28-/m0/s1. The number of nitrogens with zero attached hydrogens (tertiary/aromatic N) is 4. The number of rotatable bonds is 4. The Hall–Kier alpha value is -4.79. The zero-order chi connectivity index (χ0) is 32.2. The number of aryl methyl sites for hydroxylation is 1. The largest absolute Gasteiger partial charge is 0.504 e. The number of piperazine rings is 1. The van der Waals surface area contributed by atoms with Gasteiger partial charge in [0.2, 0.25) is 6.79 Å². The van der Waals surface area contributed by atoms with Crippen molar-refractivity contribution >= 4 is 11.8 Å². The van der Waals surface area contributed by atoms with Gasteiger partial charge in [-0.2, -0.15) is 5.26 Å². The van der Waals surface area contributed by atoms with Gasteiger partial charge in [0.15, 0.2) is 23.0 Å². The predicted octanol–water partition coefficient (Wildman–Crippen LogP) is 3.82. The van der Waals surface area contributed by atoms with Crippen LogP contribution in [0.5, 0.6) is 28.7 Å². The SMILES string of the molecule is COc1c(C)cc2c(c1O)[C@@H]1C3Cc4c(OC)c(C)c5c(c4[C@H](CN4C(=O)c6ccccc6C4=O)N3C(C#N)C(C2)N1C)OCO5. The summed E-state index contributed by atoms with van der Waals surface area (Å²) in [5.41, 5.74) is 5.74. The Balaban J connectivity index is 1.36. The molecule has 0 aromatic heterocycles. The van der Waals surface area contributed by atoms with E-state index in [0.29, 0.717) is 47.0 Å². The lowest BCUT2D eigenvalue weighted by Gasteiger charge is -2.60. The first-order valence-electron chi connectivity index (χ1n) is 15.4. The van der Waals surface area contributed by atoms with E-state index in [9.17, 15) is 20.0 Å². The Bertz CT molecular complexity index is 1870. The maximum Gasteiger partial charge on any atom is 0.261 e. The molecule has 3 aromatic carbocycles. The van der Waals surface area contributed by atoms with Gasteiger partial charge in [0.1, 0.15) is 11.8 Å². The maximum atomic E-state index is 13.8. The molecule has 11 heteroatoms. The highest BCUT2D eigenvalue weighted by molar-refractivity contribution is 6.21. The Labute approximate surface area is 266 Å². The number of phenolic OH excluding ortho intramolecular Hbond substituents is 1. The van der Waals surface area contributed by atoms with Gasteiger partial charge in [0, 0.05) is 40.9 Å². The quantitative estimate of drug-likeness (QED) is 0.430. The fourth-order valence-corrected chi connectivity index (χ4v) is 8.86. The minimum atomic E-state index is -0.625. The van der Waals surface area contributed by atoms with E-state index in [0.717, 1.165) is 33.4 Å². The van der Waals surface area contributed by atoms with Gasteiger partial charge < -0.3 is 24.1 Å². The van der Waals surface area contributed by atoms with Crippen molar-refractivity contribution in [3.63, 3.8) is 0 Å². The van der Waals surface area contributed by atoms with Crippen LogP contribution in [0.4, 0.5) is 0 Å². The first-order chi connectivity index (χ1) is 22.2. The van der Waals surface area contributed by atoms with E-state index in [1.165, 1.54) is 4.90 Å². The fraction of sp³-hybridized carbons (Fsp3) is 0.400. The Morgan fingerprint density at radius 1 is 0.978 bits per heavy atom. The molecule has 2 bridgehead atoms. The second-order valence-corrected chi connectivity index (χ2v) is 12.7. The van der Waals surface area contributed by atoms with Gasteiger partial charge in [-0.15, -0.1) is 0 Å². The topological polar surface area (TPSA) is 125 Å². The smallest absolute Gasteiger partial charge is 0.261 e. The summed E-state index contributed by atoms with van der Waals surface area (Å²) in [6.45, 7) is 3.85. The summed E-state index contributed by atoms with van der Waals surface area (Å²) in [6, 6.07) is 9.36. The van der Waals surface area contributed by atoms with E-state index in [1.807, 2.05) is 20.9 Å². The molecule has 3 unspecified atom stereocenters. The molecule has 0 saturated carbocycles.